The summed E-state index contributed by atoms with van der Waals surface area (Å²) < 4.78 is 0. The van der Waals surface area contributed by atoms with Gasteiger partial charge in [-0.25, -0.2) is 0 Å². The van der Waals surface area contributed by atoms with Crippen LogP contribution in [0, 0.1) is 18.3 Å². The van der Waals surface area contributed by atoms with Crippen molar-refractivity contribution >= 4 is 5.57 Å². The maximum atomic E-state index is 9.21. The third kappa shape index (κ3) is 2.95. The molecule has 0 aromatic heterocycles. The van der Waals surface area contributed by atoms with Crippen molar-refractivity contribution in [2.24, 2.45) is 0 Å². The lowest BCUT2D eigenvalue weighted by atomic mass is 10.00. The second-order valence-corrected chi connectivity index (χ2v) is 4.22. The molecule has 0 bridgehead atoms. The summed E-state index contributed by atoms with van der Waals surface area (Å²) in [4.78, 5) is 0. The van der Waals surface area contributed by atoms with Crippen LogP contribution in [0.15, 0.2) is 54.1 Å². The fourth-order valence-corrected chi connectivity index (χ4v) is 1.82. The zero-order valence-electron chi connectivity index (χ0n) is 9.98. The molecule has 0 heterocycles. The highest BCUT2D eigenvalue weighted by atomic mass is 14.2. The van der Waals surface area contributed by atoms with E-state index in [1.165, 1.54) is 5.56 Å². The maximum absolute atomic E-state index is 9.21. The maximum Gasteiger partial charge on any atom is 0.0998 e. The number of hydrogen-bond donors (Lipinski definition) is 0. The van der Waals surface area contributed by atoms with E-state index in [1.54, 1.807) is 0 Å². The molecule has 0 spiro atoms. The van der Waals surface area contributed by atoms with Crippen LogP contribution in [0.5, 0.6) is 0 Å². The van der Waals surface area contributed by atoms with Gasteiger partial charge in [0.1, 0.15) is 0 Å². The minimum Gasteiger partial charge on any atom is -0.192 e. The summed E-state index contributed by atoms with van der Waals surface area (Å²) in [5, 5.41) is 9.21. The Kier molecular flexibility index (Phi) is 3.57. The molecule has 2 rings (SSSR count). The average Bonchev–Trinajstić information content (AvgIpc) is 2.38. The number of benzene rings is 1. The van der Waals surface area contributed by atoms with Gasteiger partial charge in [-0.15, -0.1) is 0 Å². The Hall–Kier alpha value is -2.07. The molecule has 1 heteroatoms. The van der Waals surface area contributed by atoms with Crippen molar-refractivity contribution in [2.45, 2.75) is 19.8 Å². The van der Waals surface area contributed by atoms with Crippen molar-refractivity contribution in [2.75, 3.05) is 0 Å². The van der Waals surface area contributed by atoms with Crippen LogP contribution in [0.2, 0.25) is 0 Å². The molecule has 0 fully saturated rings. The van der Waals surface area contributed by atoms with E-state index in [4.69, 9.17) is 0 Å². The van der Waals surface area contributed by atoms with Gasteiger partial charge in [0.05, 0.1) is 11.6 Å². The van der Waals surface area contributed by atoms with Crippen molar-refractivity contribution in [1.82, 2.24) is 0 Å². The molecule has 0 saturated heterocycles. The summed E-state index contributed by atoms with van der Waals surface area (Å²) in [6, 6.07) is 10.3. The number of nitriles is 1. The minimum absolute atomic E-state index is 0.725. The van der Waals surface area contributed by atoms with Crippen molar-refractivity contribution in [1.29, 1.82) is 5.26 Å². The highest BCUT2D eigenvalue weighted by molar-refractivity contribution is 5.79. The SMILES string of the molecule is Cc1ccc(/C(C#N)=C/C2=CCCC=C2)cc1. The quantitative estimate of drug-likeness (QED) is 0.687. The van der Waals surface area contributed by atoms with Crippen LogP contribution in [0.4, 0.5) is 0 Å². The Morgan fingerprint density at radius 3 is 2.59 bits per heavy atom. The monoisotopic (exact) mass is 221 g/mol. The van der Waals surface area contributed by atoms with Crippen LogP contribution in [0.25, 0.3) is 5.57 Å². The normalized spacial score (nSPS) is 15.3. The van der Waals surface area contributed by atoms with E-state index < -0.39 is 0 Å². The predicted molar refractivity (Wildman–Crippen MR) is 71.2 cm³/mol. The van der Waals surface area contributed by atoms with E-state index in [9.17, 15) is 5.26 Å². The van der Waals surface area contributed by atoms with Crippen molar-refractivity contribution in [3.63, 3.8) is 0 Å². The standard InChI is InChI=1S/C16H15N/c1-13-7-9-15(10-8-13)16(12-17)11-14-5-3-2-4-6-14/h3,5-11H,2,4H2,1H3/b16-11+. The van der Waals surface area contributed by atoms with Crippen molar-refractivity contribution < 1.29 is 0 Å². The van der Waals surface area contributed by atoms with Gasteiger partial charge in [0.2, 0.25) is 0 Å². The number of aryl methyl sites for hydroxylation is 1. The summed E-state index contributed by atoms with van der Waals surface area (Å²) in [5.74, 6) is 0. The Labute approximate surface area is 102 Å². The molecule has 0 amide bonds. The second-order valence-electron chi connectivity index (χ2n) is 4.22. The van der Waals surface area contributed by atoms with Crippen LogP contribution in [0.1, 0.15) is 24.0 Å². The fraction of sp³-hybridized carbons (Fsp3) is 0.188. The van der Waals surface area contributed by atoms with Crippen LogP contribution >= 0.6 is 0 Å². The molecule has 1 aromatic rings. The molecule has 0 N–H and O–H groups in total. The van der Waals surface area contributed by atoms with Gasteiger partial charge in [-0.1, -0.05) is 48.1 Å². The first-order valence-electron chi connectivity index (χ1n) is 5.85. The van der Waals surface area contributed by atoms with E-state index in [0.29, 0.717) is 0 Å². The molecule has 0 aliphatic heterocycles. The molecule has 1 aromatic carbocycles. The lowest BCUT2D eigenvalue weighted by Crippen LogP contribution is -1.86. The number of allylic oxidation sites excluding steroid dienone is 6. The highest BCUT2D eigenvalue weighted by Crippen LogP contribution is 2.19. The van der Waals surface area contributed by atoms with Crippen LogP contribution < -0.4 is 0 Å². The van der Waals surface area contributed by atoms with E-state index >= 15 is 0 Å². The summed E-state index contributed by atoms with van der Waals surface area (Å²) in [6.07, 6.45) is 10.5. The summed E-state index contributed by atoms with van der Waals surface area (Å²) >= 11 is 0. The molecule has 17 heavy (non-hydrogen) atoms. The van der Waals surface area contributed by atoms with Gasteiger partial charge in [-0.3, -0.25) is 0 Å². The van der Waals surface area contributed by atoms with Gasteiger partial charge in [-0.05, 0) is 37.0 Å². The Morgan fingerprint density at radius 1 is 1.24 bits per heavy atom. The molecule has 0 unspecified atom stereocenters. The Morgan fingerprint density at radius 2 is 2.00 bits per heavy atom. The highest BCUT2D eigenvalue weighted by Gasteiger charge is 2.02. The van der Waals surface area contributed by atoms with E-state index in [-0.39, 0.29) is 0 Å². The van der Waals surface area contributed by atoms with Crippen LogP contribution in [-0.2, 0) is 0 Å². The van der Waals surface area contributed by atoms with Gasteiger partial charge in [0, 0.05) is 0 Å². The topological polar surface area (TPSA) is 23.8 Å². The van der Waals surface area contributed by atoms with Crippen LogP contribution in [-0.4, -0.2) is 0 Å². The van der Waals surface area contributed by atoms with E-state index in [2.05, 4.69) is 24.3 Å². The Balaban J connectivity index is 2.31. The first-order chi connectivity index (χ1) is 8.29. The smallest absolute Gasteiger partial charge is 0.0998 e. The molecule has 84 valence electrons. The number of nitrogens with zero attached hydrogens (tertiary/aromatic N) is 1. The van der Waals surface area contributed by atoms with Crippen molar-refractivity contribution in [3.8, 4) is 6.07 Å². The molecule has 0 radical (unpaired) electrons. The second kappa shape index (κ2) is 5.32. The van der Waals surface area contributed by atoms with Crippen LogP contribution in [0.3, 0.4) is 0 Å². The summed E-state index contributed by atoms with van der Waals surface area (Å²) in [6.45, 7) is 2.05. The molecule has 0 saturated carbocycles. The van der Waals surface area contributed by atoms with E-state index in [0.717, 1.165) is 29.6 Å². The largest absolute Gasteiger partial charge is 0.192 e. The van der Waals surface area contributed by atoms with Gasteiger partial charge in [-0.2, -0.15) is 5.26 Å². The minimum atomic E-state index is 0.725. The van der Waals surface area contributed by atoms with Gasteiger partial charge in [0.15, 0.2) is 0 Å². The van der Waals surface area contributed by atoms with Gasteiger partial charge in [0.25, 0.3) is 0 Å². The molecule has 0 atom stereocenters. The zero-order chi connectivity index (χ0) is 12.1. The lowest BCUT2D eigenvalue weighted by molar-refractivity contribution is 1.03. The first-order valence-corrected chi connectivity index (χ1v) is 5.85. The zero-order valence-corrected chi connectivity index (χ0v) is 9.98. The lowest BCUT2D eigenvalue weighted by Gasteiger charge is -2.04. The third-order valence-electron chi connectivity index (χ3n) is 2.82. The van der Waals surface area contributed by atoms with Gasteiger partial charge < -0.3 is 0 Å². The summed E-state index contributed by atoms with van der Waals surface area (Å²) in [7, 11) is 0. The summed E-state index contributed by atoms with van der Waals surface area (Å²) in [5.41, 5.74) is 4.05. The molecular formula is C16H15N. The first kappa shape index (κ1) is 11.4. The predicted octanol–water partition coefficient (Wildman–Crippen LogP) is 4.18. The Bertz CT molecular complexity index is 522. The van der Waals surface area contributed by atoms with Gasteiger partial charge >= 0.3 is 0 Å². The third-order valence-corrected chi connectivity index (χ3v) is 2.82. The van der Waals surface area contributed by atoms with Crippen molar-refractivity contribution in [3.05, 3.63) is 65.3 Å². The van der Waals surface area contributed by atoms with E-state index in [1.807, 2.05) is 37.3 Å². The number of hydrogen-bond acceptors (Lipinski definition) is 1. The molecule has 1 nitrogen and oxygen atoms in total. The number of rotatable bonds is 2. The molecule has 1 aliphatic carbocycles. The fourth-order valence-electron chi connectivity index (χ4n) is 1.82. The molecule has 1 aliphatic rings. The molecular weight excluding hydrogens is 206 g/mol. The average molecular weight is 221 g/mol.